The Hall–Kier alpha value is -1.83. The van der Waals surface area contributed by atoms with Gasteiger partial charge in [0.15, 0.2) is 5.96 Å². The number of amides is 2. The largest absolute Gasteiger partial charge is 0.358 e. The zero-order valence-electron chi connectivity index (χ0n) is 18.0. The van der Waals surface area contributed by atoms with Gasteiger partial charge in [0, 0.05) is 46.3 Å². The van der Waals surface area contributed by atoms with Gasteiger partial charge in [0.05, 0.1) is 6.54 Å². The van der Waals surface area contributed by atoms with Crippen LogP contribution in [0.25, 0.3) is 0 Å². The number of likely N-dealkylation sites (N-methyl/N-ethyl adjacent to an activating group) is 2. The molecule has 160 valence electrons. The molecule has 1 heterocycles. The maximum absolute atomic E-state index is 12.0. The summed E-state index contributed by atoms with van der Waals surface area (Å²) in [5.41, 5.74) is 0. The van der Waals surface area contributed by atoms with Gasteiger partial charge in [-0.1, -0.05) is 19.8 Å². The number of aliphatic imine (C=N–C) groups is 1. The monoisotopic (exact) mass is 394 g/mol. The van der Waals surface area contributed by atoms with Crippen LogP contribution in [0, 0.1) is 5.92 Å². The second-order valence-corrected chi connectivity index (χ2v) is 8.33. The van der Waals surface area contributed by atoms with Crippen molar-refractivity contribution in [3.8, 4) is 0 Å². The number of likely N-dealkylation sites (tertiary alicyclic amines) is 1. The van der Waals surface area contributed by atoms with Gasteiger partial charge in [0.25, 0.3) is 0 Å². The highest BCUT2D eigenvalue weighted by atomic mass is 16.2. The number of nitrogens with zero attached hydrogens (tertiary/aromatic N) is 3. The quantitative estimate of drug-likeness (QED) is 0.448. The number of rotatable bonds is 6. The molecule has 1 aliphatic heterocycles. The second kappa shape index (κ2) is 11.2. The number of piperidine rings is 1. The summed E-state index contributed by atoms with van der Waals surface area (Å²) in [6, 6.07) is 0.711. The first-order chi connectivity index (χ1) is 13.4. The summed E-state index contributed by atoms with van der Waals surface area (Å²) in [6.07, 6.45) is 6.83. The minimum Gasteiger partial charge on any atom is -0.358 e. The van der Waals surface area contributed by atoms with Crippen molar-refractivity contribution in [2.75, 3.05) is 47.3 Å². The molecule has 1 saturated heterocycles. The Balaban J connectivity index is 1.92. The van der Waals surface area contributed by atoms with Gasteiger partial charge in [-0.25, -0.2) is 4.99 Å². The van der Waals surface area contributed by atoms with Crippen LogP contribution in [-0.2, 0) is 9.59 Å². The number of carbonyl (C=O) groups excluding carboxylic acids is 2. The number of carbonyl (C=O) groups is 2. The average molecular weight is 395 g/mol. The lowest BCUT2D eigenvalue weighted by Gasteiger charge is -2.35. The number of nitrogens with one attached hydrogen (secondary N) is 3. The van der Waals surface area contributed by atoms with Crippen molar-refractivity contribution >= 4 is 17.8 Å². The third kappa shape index (κ3) is 7.30. The normalized spacial score (nSPS) is 24.5. The molecule has 0 aromatic carbocycles. The van der Waals surface area contributed by atoms with E-state index in [-0.39, 0.29) is 18.4 Å². The molecule has 0 aromatic rings. The van der Waals surface area contributed by atoms with Crippen LogP contribution in [-0.4, -0.2) is 87.0 Å². The zero-order valence-corrected chi connectivity index (χ0v) is 18.0. The van der Waals surface area contributed by atoms with Crippen LogP contribution < -0.4 is 16.0 Å². The fraction of sp³-hybridized carbons (Fsp3) is 0.850. The summed E-state index contributed by atoms with van der Waals surface area (Å²) in [6.45, 7) is 4.67. The van der Waals surface area contributed by atoms with E-state index in [9.17, 15) is 9.59 Å². The highest BCUT2D eigenvalue weighted by Crippen LogP contribution is 2.23. The maximum Gasteiger partial charge on any atom is 0.243 e. The van der Waals surface area contributed by atoms with Crippen molar-refractivity contribution in [2.45, 2.75) is 57.5 Å². The third-order valence-corrected chi connectivity index (χ3v) is 5.88. The van der Waals surface area contributed by atoms with Crippen molar-refractivity contribution in [3.63, 3.8) is 0 Å². The third-order valence-electron chi connectivity index (χ3n) is 5.88. The van der Waals surface area contributed by atoms with Gasteiger partial charge >= 0.3 is 0 Å². The molecule has 1 aliphatic carbocycles. The Labute approximate surface area is 169 Å². The standard InChI is InChI=1S/C20H38N6O2/c1-15-7-5-6-8-17(15)24-20(22-13-19(28)25(3)4)23-16-9-11-26(12-10-16)14-18(27)21-2/h15-17H,5-14H2,1-4H3,(H,21,27)(H2,22,23,24). The van der Waals surface area contributed by atoms with E-state index in [1.165, 1.54) is 19.3 Å². The predicted molar refractivity (Wildman–Crippen MR) is 112 cm³/mol. The van der Waals surface area contributed by atoms with Gasteiger partial charge in [-0.2, -0.15) is 0 Å². The van der Waals surface area contributed by atoms with E-state index in [0.29, 0.717) is 24.5 Å². The van der Waals surface area contributed by atoms with Gasteiger partial charge in [-0.15, -0.1) is 0 Å². The average Bonchev–Trinajstić information content (AvgIpc) is 2.68. The predicted octanol–water partition coefficient (Wildman–Crippen LogP) is 0.399. The van der Waals surface area contributed by atoms with E-state index in [1.807, 2.05) is 0 Å². The Bertz CT molecular complexity index is 543. The van der Waals surface area contributed by atoms with E-state index in [4.69, 9.17) is 0 Å². The highest BCUT2D eigenvalue weighted by molar-refractivity contribution is 5.85. The molecule has 0 radical (unpaired) electrons. The van der Waals surface area contributed by atoms with Gasteiger partial charge in [0.1, 0.15) is 6.54 Å². The Morgan fingerprint density at radius 1 is 1.07 bits per heavy atom. The molecule has 28 heavy (non-hydrogen) atoms. The highest BCUT2D eigenvalue weighted by Gasteiger charge is 2.25. The molecule has 2 atom stereocenters. The molecule has 2 rings (SSSR count). The molecule has 8 heteroatoms. The van der Waals surface area contributed by atoms with Crippen LogP contribution in [0.2, 0.25) is 0 Å². The maximum atomic E-state index is 12.0. The van der Waals surface area contributed by atoms with Crippen molar-refractivity contribution in [2.24, 2.45) is 10.9 Å². The summed E-state index contributed by atoms with van der Waals surface area (Å²) in [4.78, 5) is 31.9. The van der Waals surface area contributed by atoms with Crippen molar-refractivity contribution in [1.82, 2.24) is 25.8 Å². The molecule has 3 N–H and O–H groups in total. The first-order valence-electron chi connectivity index (χ1n) is 10.6. The molecule has 1 saturated carbocycles. The van der Waals surface area contributed by atoms with E-state index >= 15 is 0 Å². The smallest absolute Gasteiger partial charge is 0.243 e. The lowest BCUT2D eigenvalue weighted by Crippen LogP contribution is -2.53. The van der Waals surface area contributed by atoms with Crippen molar-refractivity contribution in [1.29, 1.82) is 0 Å². The fourth-order valence-electron chi connectivity index (χ4n) is 3.84. The molecule has 0 spiro atoms. The van der Waals surface area contributed by atoms with Gasteiger partial charge in [-0.3, -0.25) is 14.5 Å². The zero-order chi connectivity index (χ0) is 20.5. The summed E-state index contributed by atoms with van der Waals surface area (Å²) in [5.74, 6) is 1.42. The summed E-state index contributed by atoms with van der Waals surface area (Å²) in [5, 5.41) is 9.82. The molecule has 2 fully saturated rings. The lowest BCUT2D eigenvalue weighted by atomic mass is 9.86. The Kier molecular flexibility index (Phi) is 9.02. The molecule has 8 nitrogen and oxygen atoms in total. The SMILES string of the molecule is CNC(=O)CN1CCC(NC(=NCC(=O)N(C)C)NC2CCCCC2C)CC1. The van der Waals surface area contributed by atoms with Crippen molar-refractivity contribution < 1.29 is 9.59 Å². The molecule has 2 amide bonds. The van der Waals surface area contributed by atoms with E-state index in [1.54, 1.807) is 26.0 Å². The van der Waals surface area contributed by atoms with Crippen LogP contribution in [0.15, 0.2) is 4.99 Å². The lowest BCUT2D eigenvalue weighted by molar-refractivity contribution is -0.127. The van der Waals surface area contributed by atoms with Crippen LogP contribution in [0.5, 0.6) is 0 Å². The van der Waals surface area contributed by atoms with Gasteiger partial charge in [-0.05, 0) is 31.6 Å². The van der Waals surface area contributed by atoms with Gasteiger partial charge < -0.3 is 20.9 Å². The fourth-order valence-corrected chi connectivity index (χ4v) is 3.84. The van der Waals surface area contributed by atoms with E-state index in [2.05, 4.69) is 32.8 Å². The summed E-state index contributed by atoms with van der Waals surface area (Å²) >= 11 is 0. The molecule has 0 aromatic heterocycles. The Morgan fingerprint density at radius 2 is 1.75 bits per heavy atom. The number of hydrogen-bond acceptors (Lipinski definition) is 4. The Morgan fingerprint density at radius 3 is 2.36 bits per heavy atom. The van der Waals surface area contributed by atoms with Crippen LogP contribution in [0.3, 0.4) is 0 Å². The minimum atomic E-state index is -0.00168. The molecule has 2 unspecified atom stereocenters. The first kappa shape index (κ1) is 22.5. The second-order valence-electron chi connectivity index (χ2n) is 8.33. The molecular formula is C20H38N6O2. The number of guanidine groups is 1. The molecule has 2 aliphatic rings. The van der Waals surface area contributed by atoms with Crippen LogP contribution >= 0.6 is 0 Å². The van der Waals surface area contributed by atoms with E-state index < -0.39 is 0 Å². The topological polar surface area (TPSA) is 89.1 Å². The molecule has 0 bridgehead atoms. The van der Waals surface area contributed by atoms with Crippen molar-refractivity contribution in [3.05, 3.63) is 0 Å². The molecular weight excluding hydrogens is 356 g/mol. The number of hydrogen-bond donors (Lipinski definition) is 3. The van der Waals surface area contributed by atoms with Gasteiger partial charge in [0.2, 0.25) is 11.8 Å². The summed E-state index contributed by atoms with van der Waals surface area (Å²) in [7, 11) is 5.18. The summed E-state index contributed by atoms with van der Waals surface area (Å²) < 4.78 is 0. The first-order valence-corrected chi connectivity index (χ1v) is 10.6. The van der Waals surface area contributed by atoms with Crippen LogP contribution in [0.4, 0.5) is 0 Å². The minimum absolute atomic E-state index is 0.00168. The van der Waals surface area contributed by atoms with Crippen LogP contribution in [0.1, 0.15) is 45.4 Å². The van der Waals surface area contributed by atoms with E-state index in [0.717, 1.165) is 38.3 Å².